The summed E-state index contributed by atoms with van der Waals surface area (Å²) in [4.78, 5) is 37.5. The molecule has 3 saturated carbocycles. The summed E-state index contributed by atoms with van der Waals surface area (Å²) in [6, 6.07) is 0. The van der Waals surface area contributed by atoms with Crippen LogP contribution < -0.4 is 0 Å². The molecular formula is C24H30ClFO5S. The van der Waals surface area contributed by atoms with E-state index in [1.165, 1.54) is 19.1 Å². The van der Waals surface area contributed by atoms with Crippen molar-refractivity contribution in [3.63, 3.8) is 0 Å². The van der Waals surface area contributed by atoms with Gasteiger partial charge in [0.15, 0.2) is 17.1 Å². The first kappa shape index (κ1) is 24.0. The van der Waals surface area contributed by atoms with E-state index < -0.39 is 40.1 Å². The number of allylic oxidation sites excluding steroid dienone is 4. The molecule has 0 aromatic heterocycles. The average molecular weight is 485 g/mol. The number of thioether (sulfide) groups is 1. The molecule has 32 heavy (non-hydrogen) atoms. The second-order valence-electron chi connectivity index (χ2n) is 10.3. The Kier molecular flexibility index (Phi) is 5.74. The van der Waals surface area contributed by atoms with Crippen molar-refractivity contribution >= 4 is 40.2 Å². The zero-order valence-corrected chi connectivity index (χ0v) is 20.4. The number of ether oxygens (including phenoxy) is 1. The minimum atomic E-state index is -1.99. The van der Waals surface area contributed by atoms with Gasteiger partial charge in [-0.1, -0.05) is 37.3 Å². The van der Waals surface area contributed by atoms with Crippen LogP contribution in [0.4, 0.5) is 4.39 Å². The SMILES string of the molecule is CC(=O)O[C@]1(C(=O)SCCl)[C@@H](C)CC2C3CCC4=CC(=O)C=C[C@]4(C)[C@@]3(F)[C@@H](O)C[C@@]21C. The number of hydrogen-bond acceptors (Lipinski definition) is 6. The summed E-state index contributed by atoms with van der Waals surface area (Å²) in [5, 5.41) is 11.1. The number of carbonyl (C=O) groups excluding carboxylic acids is 3. The highest BCUT2D eigenvalue weighted by Crippen LogP contribution is 2.71. The summed E-state index contributed by atoms with van der Waals surface area (Å²) in [5.41, 5.74) is -4.82. The summed E-state index contributed by atoms with van der Waals surface area (Å²) in [6.07, 6.45) is 4.57. The maximum Gasteiger partial charge on any atom is 0.303 e. The Morgan fingerprint density at radius 3 is 2.66 bits per heavy atom. The predicted octanol–water partition coefficient (Wildman–Crippen LogP) is 4.36. The van der Waals surface area contributed by atoms with Crippen LogP contribution in [0.1, 0.15) is 53.4 Å². The number of alkyl halides is 2. The fourth-order valence-electron chi connectivity index (χ4n) is 7.61. The summed E-state index contributed by atoms with van der Waals surface area (Å²) in [5.74, 6) is -1.93. The standard InChI is InChI=1S/C24H30ClFO5S/c1-13-9-18-17-6-5-15-10-16(28)7-8-21(15,3)23(17,26)19(29)11-22(18,4)24(13,31-14(2)27)20(30)32-12-25/h7-8,10,13,17-19,29H,5-6,9,11-12H2,1-4H3/t13-,17?,18?,19-,21-,22-,23-,24-/m0/s1. The average Bonchev–Trinajstić information content (AvgIpc) is 2.91. The fourth-order valence-corrected chi connectivity index (χ4v) is 8.69. The van der Waals surface area contributed by atoms with Crippen molar-refractivity contribution in [1.29, 1.82) is 0 Å². The normalized spacial score (nSPS) is 47.2. The Hall–Kier alpha value is -1.18. The van der Waals surface area contributed by atoms with Crippen molar-refractivity contribution < 1.29 is 28.6 Å². The molecule has 0 amide bonds. The minimum absolute atomic E-state index is 0.0133. The molecule has 1 N–H and O–H groups in total. The van der Waals surface area contributed by atoms with Crippen molar-refractivity contribution in [3.8, 4) is 0 Å². The lowest BCUT2D eigenvalue weighted by molar-refractivity contribution is -0.224. The van der Waals surface area contributed by atoms with Crippen LogP contribution in [0.3, 0.4) is 0 Å². The molecule has 0 aromatic carbocycles. The quantitative estimate of drug-likeness (QED) is 0.473. The first-order valence-electron chi connectivity index (χ1n) is 11.1. The maximum atomic E-state index is 17.2. The number of halogens is 2. The number of aliphatic hydroxyl groups excluding tert-OH is 1. The Morgan fingerprint density at radius 1 is 1.34 bits per heavy atom. The molecule has 4 rings (SSSR count). The topological polar surface area (TPSA) is 80.7 Å². The zero-order valence-electron chi connectivity index (χ0n) is 18.8. The summed E-state index contributed by atoms with van der Waals surface area (Å²) in [6.45, 7) is 6.74. The van der Waals surface area contributed by atoms with Crippen molar-refractivity contribution in [2.75, 3.05) is 5.21 Å². The molecular weight excluding hydrogens is 455 g/mol. The van der Waals surface area contributed by atoms with Crippen LogP contribution in [0.15, 0.2) is 23.8 Å². The Labute approximate surface area is 197 Å². The molecule has 4 aliphatic rings. The van der Waals surface area contributed by atoms with E-state index in [0.717, 1.165) is 11.8 Å². The highest BCUT2D eigenvalue weighted by atomic mass is 35.5. The number of esters is 1. The van der Waals surface area contributed by atoms with Crippen LogP contribution in [0, 0.1) is 28.6 Å². The van der Waals surface area contributed by atoms with Gasteiger partial charge < -0.3 is 9.84 Å². The monoisotopic (exact) mass is 484 g/mol. The molecule has 0 bridgehead atoms. The van der Waals surface area contributed by atoms with Crippen molar-refractivity contribution in [3.05, 3.63) is 23.8 Å². The minimum Gasteiger partial charge on any atom is -0.449 e. The second-order valence-corrected chi connectivity index (χ2v) is 11.8. The van der Waals surface area contributed by atoms with Gasteiger partial charge in [0, 0.05) is 29.6 Å². The van der Waals surface area contributed by atoms with Gasteiger partial charge in [0.1, 0.15) is 0 Å². The lowest BCUT2D eigenvalue weighted by atomic mass is 9.45. The van der Waals surface area contributed by atoms with Crippen molar-refractivity contribution in [2.24, 2.45) is 28.6 Å². The van der Waals surface area contributed by atoms with Crippen LogP contribution >= 0.6 is 23.4 Å². The van der Waals surface area contributed by atoms with E-state index in [0.29, 0.717) is 24.8 Å². The molecule has 0 saturated heterocycles. The molecule has 0 spiro atoms. The smallest absolute Gasteiger partial charge is 0.303 e. The Balaban J connectivity index is 1.85. The molecule has 8 atom stereocenters. The van der Waals surface area contributed by atoms with E-state index in [1.807, 2.05) is 13.8 Å². The van der Waals surface area contributed by atoms with Crippen LogP contribution in [0.25, 0.3) is 0 Å². The van der Waals surface area contributed by atoms with Gasteiger partial charge in [0.25, 0.3) is 0 Å². The Bertz CT molecular complexity index is 935. The van der Waals surface area contributed by atoms with Gasteiger partial charge in [0.2, 0.25) is 5.12 Å². The van der Waals surface area contributed by atoms with Gasteiger partial charge in [-0.15, -0.1) is 11.6 Å². The van der Waals surface area contributed by atoms with Crippen molar-refractivity contribution in [1.82, 2.24) is 0 Å². The van der Waals surface area contributed by atoms with Crippen LogP contribution in [-0.4, -0.2) is 44.6 Å². The molecule has 2 unspecified atom stereocenters. The van der Waals surface area contributed by atoms with Gasteiger partial charge in [-0.25, -0.2) is 4.39 Å². The van der Waals surface area contributed by atoms with E-state index in [9.17, 15) is 19.5 Å². The second kappa shape index (κ2) is 7.67. The third-order valence-corrected chi connectivity index (χ3v) is 9.98. The van der Waals surface area contributed by atoms with Gasteiger partial charge in [-0.3, -0.25) is 14.4 Å². The van der Waals surface area contributed by atoms with E-state index >= 15 is 4.39 Å². The fraction of sp³-hybridized carbons (Fsp3) is 0.708. The predicted molar refractivity (Wildman–Crippen MR) is 121 cm³/mol. The highest BCUT2D eigenvalue weighted by Gasteiger charge is 2.77. The number of aliphatic hydroxyl groups is 1. The largest absolute Gasteiger partial charge is 0.449 e. The lowest BCUT2D eigenvalue weighted by Crippen LogP contribution is -2.69. The third-order valence-electron chi connectivity index (χ3n) is 8.97. The summed E-state index contributed by atoms with van der Waals surface area (Å²) < 4.78 is 23.0. The zero-order chi connectivity index (χ0) is 23.7. The number of rotatable bonds is 3. The van der Waals surface area contributed by atoms with E-state index in [-0.39, 0.29) is 34.4 Å². The van der Waals surface area contributed by atoms with Crippen molar-refractivity contribution in [2.45, 2.75) is 70.8 Å². The molecule has 0 radical (unpaired) electrons. The number of fused-ring (bicyclic) bond motifs is 5. The van der Waals surface area contributed by atoms with Gasteiger partial charge in [-0.2, -0.15) is 0 Å². The first-order chi connectivity index (χ1) is 14.9. The van der Waals surface area contributed by atoms with E-state index in [4.69, 9.17) is 16.3 Å². The summed E-state index contributed by atoms with van der Waals surface area (Å²) >= 11 is 6.75. The van der Waals surface area contributed by atoms with E-state index in [1.54, 1.807) is 13.0 Å². The highest BCUT2D eigenvalue weighted by molar-refractivity contribution is 8.14. The molecule has 0 aliphatic heterocycles. The summed E-state index contributed by atoms with van der Waals surface area (Å²) in [7, 11) is 0. The van der Waals surface area contributed by atoms with Gasteiger partial charge in [-0.05, 0) is 50.7 Å². The number of ketones is 1. The maximum absolute atomic E-state index is 17.2. The lowest BCUT2D eigenvalue weighted by Gasteiger charge is -2.62. The first-order valence-corrected chi connectivity index (χ1v) is 12.6. The van der Waals surface area contributed by atoms with Crippen LogP contribution in [-0.2, 0) is 19.1 Å². The van der Waals surface area contributed by atoms with E-state index in [2.05, 4.69) is 0 Å². The molecule has 176 valence electrons. The van der Waals surface area contributed by atoms with Crippen LogP contribution in [0.5, 0.6) is 0 Å². The number of hydrogen-bond donors (Lipinski definition) is 1. The van der Waals surface area contributed by atoms with Gasteiger partial charge in [0.05, 0.1) is 11.3 Å². The van der Waals surface area contributed by atoms with Crippen LogP contribution in [0.2, 0.25) is 0 Å². The molecule has 0 aromatic rings. The molecule has 5 nitrogen and oxygen atoms in total. The Morgan fingerprint density at radius 2 is 2.03 bits per heavy atom. The third kappa shape index (κ3) is 2.83. The molecule has 0 heterocycles. The van der Waals surface area contributed by atoms with Gasteiger partial charge >= 0.3 is 5.97 Å². The number of carbonyl (C=O) groups is 3. The molecule has 3 fully saturated rings. The molecule has 4 aliphatic carbocycles. The molecule has 8 heteroatoms.